The minimum Gasteiger partial charge on any atom is -0.483 e. The second-order valence-electron chi connectivity index (χ2n) is 6.14. The van der Waals surface area contributed by atoms with Gasteiger partial charge in [0.05, 0.1) is 5.75 Å². The maximum Gasteiger partial charge on any atom is 0.234 e. The number of hydrogen-bond acceptors (Lipinski definition) is 5. The van der Waals surface area contributed by atoms with Gasteiger partial charge in [0.15, 0.2) is 17.1 Å². The van der Waals surface area contributed by atoms with Crippen molar-refractivity contribution in [2.24, 2.45) is 0 Å². The fourth-order valence-electron chi connectivity index (χ4n) is 2.64. The first kappa shape index (κ1) is 21.9. The molecule has 0 aliphatic heterocycles. The van der Waals surface area contributed by atoms with E-state index >= 15 is 0 Å². The van der Waals surface area contributed by atoms with Gasteiger partial charge in [0, 0.05) is 21.2 Å². The van der Waals surface area contributed by atoms with Crippen molar-refractivity contribution < 1.29 is 9.53 Å². The molecule has 2 aromatic carbocycles. The van der Waals surface area contributed by atoms with Crippen LogP contribution in [-0.2, 0) is 11.3 Å². The third kappa shape index (κ3) is 6.07. The first-order valence-electron chi connectivity index (χ1n) is 8.99. The first-order valence-corrected chi connectivity index (χ1v) is 11.6. The van der Waals surface area contributed by atoms with Crippen LogP contribution in [0.3, 0.4) is 0 Å². The average molecular weight is 540 g/mol. The lowest BCUT2D eigenvalue weighted by atomic mass is 10.3. The lowest BCUT2D eigenvalue weighted by Gasteiger charge is -2.15. The number of benzene rings is 2. The van der Waals surface area contributed by atoms with Crippen molar-refractivity contribution in [1.29, 1.82) is 0 Å². The van der Waals surface area contributed by atoms with Crippen LogP contribution < -0.4 is 10.1 Å². The number of hydrogen-bond donors (Lipinski definition) is 1. The molecule has 0 fully saturated rings. The number of nitrogens with zero attached hydrogens (tertiary/aromatic N) is 3. The summed E-state index contributed by atoms with van der Waals surface area (Å²) < 4.78 is 9.92. The van der Waals surface area contributed by atoms with E-state index in [-0.39, 0.29) is 17.8 Å². The molecular weight excluding hydrogens is 520 g/mol. The quantitative estimate of drug-likeness (QED) is 0.372. The summed E-state index contributed by atoms with van der Waals surface area (Å²) in [4.78, 5) is 12.3. The van der Waals surface area contributed by atoms with E-state index in [1.54, 1.807) is 0 Å². The van der Waals surface area contributed by atoms with Gasteiger partial charge in [-0.1, -0.05) is 43.6 Å². The number of thioether (sulfide) groups is 1. The predicted molar refractivity (Wildman–Crippen MR) is 122 cm³/mol. The van der Waals surface area contributed by atoms with Crippen molar-refractivity contribution in [2.45, 2.75) is 31.7 Å². The SMILES string of the molecule is CCn1c(SCC(=O)Nc2ccc(Br)cc2)nnc1C(C)Oc1ccc(Br)cc1. The van der Waals surface area contributed by atoms with Crippen molar-refractivity contribution >= 4 is 55.2 Å². The zero-order valence-corrected chi connectivity index (χ0v) is 19.9. The summed E-state index contributed by atoms with van der Waals surface area (Å²) >= 11 is 8.15. The number of amides is 1. The summed E-state index contributed by atoms with van der Waals surface area (Å²) in [6.45, 7) is 4.64. The smallest absolute Gasteiger partial charge is 0.234 e. The van der Waals surface area contributed by atoms with Crippen molar-refractivity contribution in [3.05, 3.63) is 63.3 Å². The van der Waals surface area contributed by atoms with Crippen molar-refractivity contribution in [1.82, 2.24) is 14.8 Å². The second kappa shape index (κ2) is 10.3. The lowest BCUT2D eigenvalue weighted by molar-refractivity contribution is -0.113. The van der Waals surface area contributed by atoms with Gasteiger partial charge in [-0.15, -0.1) is 10.2 Å². The van der Waals surface area contributed by atoms with E-state index in [0.717, 1.165) is 26.2 Å². The molecule has 6 nitrogen and oxygen atoms in total. The van der Waals surface area contributed by atoms with Gasteiger partial charge in [-0.2, -0.15) is 0 Å². The molecule has 1 atom stereocenters. The second-order valence-corrected chi connectivity index (χ2v) is 8.92. The van der Waals surface area contributed by atoms with Crippen molar-refractivity contribution in [2.75, 3.05) is 11.1 Å². The van der Waals surface area contributed by atoms with Crippen LogP contribution in [0.25, 0.3) is 0 Å². The average Bonchev–Trinajstić information content (AvgIpc) is 3.13. The van der Waals surface area contributed by atoms with Gasteiger partial charge in [0.2, 0.25) is 5.91 Å². The molecule has 0 aliphatic rings. The summed E-state index contributed by atoms with van der Waals surface area (Å²) in [7, 11) is 0. The Bertz CT molecular complexity index is 962. The number of anilines is 1. The van der Waals surface area contributed by atoms with E-state index in [1.807, 2.05) is 66.9 Å². The molecule has 1 aromatic heterocycles. The molecular formula is C20H20Br2N4O2S. The zero-order chi connectivity index (χ0) is 20.8. The Morgan fingerprint density at radius 1 is 1.10 bits per heavy atom. The number of ether oxygens (including phenoxy) is 1. The fourth-order valence-corrected chi connectivity index (χ4v) is 3.97. The third-order valence-corrected chi connectivity index (χ3v) is 6.04. The summed E-state index contributed by atoms with van der Waals surface area (Å²) in [6, 6.07) is 15.1. The number of carbonyl (C=O) groups is 1. The van der Waals surface area contributed by atoms with E-state index in [2.05, 4.69) is 47.4 Å². The largest absolute Gasteiger partial charge is 0.483 e. The standard InChI is InChI=1S/C20H20Br2N4O2S/c1-3-26-19(13(2)28-17-10-6-15(22)7-11-17)24-25-20(26)29-12-18(27)23-16-8-4-14(21)5-9-16/h4-11,13H,3,12H2,1-2H3,(H,23,27). The summed E-state index contributed by atoms with van der Waals surface area (Å²) in [6.07, 6.45) is -0.269. The Morgan fingerprint density at radius 2 is 1.72 bits per heavy atom. The molecule has 152 valence electrons. The third-order valence-electron chi connectivity index (χ3n) is 4.01. The molecule has 3 rings (SSSR count). The van der Waals surface area contributed by atoms with Crippen molar-refractivity contribution in [3.63, 3.8) is 0 Å². The molecule has 1 N–H and O–H groups in total. The summed E-state index contributed by atoms with van der Waals surface area (Å²) in [5.41, 5.74) is 0.757. The number of nitrogens with one attached hydrogen (secondary N) is 1. The molecule has 1 unspecified atom stereocenters. The highest BCUT2D eigenvalue weighted by Crippen LogP contribution is 2.25. The molecule has 0 saturated carbocycles. The molecule has 1 amide bonds. The highest BCUT2D eigenvalue weighted by atomic mass is 79.9. The number of carbonyl (C=O) groups excluding carboxylic acids is 1. The Hall–Kier alpha value is -1.84. The summed E-state index contributed by atoms with van der Waals surface area (Å²) in [5.74, 6) is 1.64. The van der Waals surface area contributed by atoms with Crippen LogP contribution >= 0.6 is 43.6 Å². The minimum atomic E-state index is -0.269. The summed E-state index contributed by atoms with van der Waals surface area (Å²) in [5, 5.41) is 12.1. The van der Waals surface area contributed by atoms with Crippen LogP contribution in [0.5, 0.6) is 5.75 Å². The van der Waals surface area contributed by atoms with E-state index in [4.69, 9.17) is 4.74 Å². The van der Waals surface area contributed by atoms with E-state index in [1.165, 1.54) is 11.8 Å². The normalized spacial score (nSPS) is 11.9. The molecule has 0 aliphatic carbocycles. The lowest BCUT2D eigenvalue weighted by Crippen LogP contribution is -2.15. The maximum absolute atomic E-state index is 12.3. The Labute approximate surface area is 190 Å². The Morgan fingerprint density at radius 3 is 2.34 bits per heavy atom. The number of halogens is 2. The predicted octanol–water partition coefficient (Wildman–Crippen LogP) is 5.69. The maximum atomic E-state index is 12.3. The van der Waals surface area contributed by atoms with Crippen molar-refractivity contribution in [3.8, 4) is 5.75 Å². The van der Waals surface area contributed by atoms with Gasteiger partial charge in [-0.3, -0.25) is 4.79 Å². The van der Waals surface area contributed by atoms with E-state index in [9.17, 15) is 4.79 Å². The molecule has 29 heavy (non-hydrogen) atoms. The molecule has 0 spiro atoms. The molecule has 1 heterocycles. The minimum absolute atomic E-state index is 0.0938. The highest BCUT2D eigenvalue weighted by molar-refractivity contribution is 9.10. The molecule has 9 heteroatoms. The van der Waals surface area contributed by atoms with Gasteiger partial charge < -0.3 is 14.6 Å². The van der Waals surface area contributed by atoms with Gasteiger partial charge in [-0.05, 0) is 62.4 Å². The topological polar surface area (TPSA) is 69.0 Å². The van der Waals surface area contributed by atoms with Crippen LogP contribution in [-0.4, -0.2) is 26.4 Å². The van der Waals surface area contributed by atoms with Crippen LogP contribution in [0.4, 0.5) is 5.69 Å². The van der Waals surface area contributed by atoms with Gasteiger partial charge in [-0.25, -0.2) is 0 Å². The van der Waals surface area contributed by atoms with Crippen LogP contribution in [0, 0.1) is 0 Å². The van der Waals surface area contributed by atoms with Crippen LogP contribution in [0.1, 0.15) is 25.8 Å². The molecule has 0 bridgehead atoms. The molecule has 0 saturated heterocycles. The van der Waals surface area contributed by atoms with Gasteiger partial charge >= 0.3 is 0 Å². The molecule has 3 aromatic rings. The van der Waals surface area contributed by atoms with E-state index < -0.39 is 0 Å². The number of rotatable bonds is 8. The highest BCUT2D eigenvalue weighted by Gasteiger charge is 2.19. The fraction of sp³-hybridized carbons (Fsp3) is 0.250. The zero-order valence-electron chi connectivity index (χ0n) is 15.9. The van der Waals surface area contributed by atoms with Crippen LogP contribution in [0.2, 0.25) is 0 Å². The van der Waals surface area contributed by atoms with Gasteiger partial charge in [0.1, 0.15) is 5.75 Å². The Kier molecular flexibility index (Phi) is 7.74. The van der Waals surface area contributed by atoms with Crippen LogP contribution in [0.15, 0.2) is 62.6 Å². The van der Waals surface area contributed by atoms with Gasteiger partial charge in [0.25, 0.3) is 0 Å². The monoisotopic (exact) mass is 538 g/mol. The van der Waals surface area contributed by atoms with E-state index in [0.29, 0.717) is 11.7 Å². The molecule has 0 radical (unpaired) electrons. The Balaban J connectivity index is 1.61. The first-order chi connectivity index (χ1) is 14.0. The number of aromatic nitrogens is 3.